The summed E-state index contributed by atoms with van der Waals surface area (Å²) in [5.74, 6) is -0.956. The first-order valence-corrected chi connectivity index (χ1v) is 13.0. The van der Waals surface area contributed by atoms with E-state index in [1.165, 1.54) is 43.4 Å². The number of likely N-dealkylation sites (tertiary alicyclic amines) is 1. The molecule has 1 saturated carbocycles. The smallest absolute Gasteiger partial charge is 0.326 e. The number of carbonyl (C=O) groups is 3. The van der Waals surface area contributed by atoms with Gasteiger partial charge < -0.3 is 24.8 Å². The summed E-state index contributed by atoms with van der Waals surface area (Å²) in [6.45, 7) is 1.49. The van der Waals surface area contributed by atoms with Crippen LogP contribution in [-0.2, 0) is 25.5 Å². The average molecular weight is 491 g/mol. The molecule has 2 aliphatic rings. The summed E-state index contributed by atoms with van der Waals surface area (Å²) >= 11 is 0. The molecule has 2 N–H and O–H groups in total. The number of hydrogen-bond acceptors (Lipinski definition) is 5. The first-order valence-electron chi connectivity index (χ1n) is 13.0. The van der Waals surface area contributed by atoms with Gasteiger partial charge in [0.2, 0.25) is 11.8 Å². The monoisotopic (exact) mass is 490 g/mol. The van der Waals surface area contributed by atoms with Crippen molar-refractivity contribution in [1.29, 1.82) is 0 Å². The van der Waals surface area contributed by atoms with Crippen molar-refractivity contribution in [3.63, 3.8) is 0 Å². The number of benzene rings is 1. The van der Waals surface area contributed by atoms with Gasteiger partial charge >= 0.3 is 5.97 Å². The van der Waals surface area contributed by atoms with E-state index in [1.54, 1.807) is 7.11 Å². The Morgan fingerprint density at radius 1 is 1.00 bits per heavy atom. The van der Waals surface area contributed by atoms with E-state index < -0.39 is 12.0 Å². The van der Waals surface area contributed by atoms with Crippen molar-refractivity contribution in [3.05, 3.63) is 29.8 Å². The van der Waals surface area contributed by atoms with E-state index in [9.17, 15) is 19.5 Å². The number of ether oxygens (including phenoxy) is 2. The summed E-state index contributed by atoms with van der Waals surface area (Å²) < 4.78 is 10.7. The molecule has 0 bridgehead atoms. The summed E-state index contributed by atoms with van der Waals surface area (Å²) in [6, 6.07) is 6.49. The number of carbonyl (C=O) groups excluding carboxylic acids is 2. The Hall–Kier alpha value is -2.61. The standard InChI is InChI=1S/C21H30N2O6.C6H12/c1-28-11-4-5-12-29-17-8-6-7-16(13-17)14-19(24)22-15-20(25)23-10-3-2-9-18(23)21(26)27;1-2-4-6-5-3-1/h6-8,13,18H,2-5,9-12,14-15H2,1H3,(H,22,24)(H,26,27);1-6H2. The predicted molar refractivity (Wildman–Crippen MR) is 134 cm³/mol. The molecule has 1 aliphatic carbocycles. The number of amides is 2. The number of methoxy groups -OCH3 is 1. The van der Waals surface area contributed by atoms with Crippen LogP contribution in [0.15, 0.2) is 24.3 Å². The summed E-state index contributed by atoms with van der Waals surface area (Å²) in [5.41, 5.74) is 0.783. The summed E-state index contributed by atoms with van der Waals surface area (Å²) in [6.07, 6.45) is 12.9. The lowest BCUT2D eigenvalue weighted by atomic mass is 10.0. The highest BCUT2D eigenvalue weighted by atomic mass is 16.5. The van der Waals surface area contributed by atoms with E-state index in [1.807, 2.05) is 24.3 Å². The van der Waals surface area contributed by atoms with E-state index in [2.05, 4.69) is 5.32 Å². The van der Waals surface area contributed by atoms with Crippen molar-refractivity contribution in [1.82, 2.24) is 10.2 Å². The number of hydrogen-bond donors (Lipinski definition) is 2. The van der Waals surface area contributed by atoms with Crippen molar-refractivity contribution in [2.75, 3.05) is 33.4 Å². The highest BCUT2D eigenvalue weighted by molar-refractivity contribution is 5.88. The maximum Gasteiger partial charge on any atom is 0.326 e. The molecule has 1 saturated heterocycles. The molecule has 35 heavy (non-hydrogen) atoms. The van der Waals surface area contributed by atoms with E-state index in [4.69, 9.17) is 9.47 Å². The van der Waals surface area contributed by atoms with E-state index >= 15 is 0 Å². The van der Waals surface area contributed by atoms with Crippen molar-refractivity contribution >= 4 is 17.8 Å². The molecule has 196 valence electrons. The van der Waals surface area contributed by atoms with E-state index in [-0.39, 0.29) is 24.8 Å². The molecule has 8 nitrogen and oxygen atoms in total. The number of carboxylic acid groups (broad SMARTS) is 1. The zero-order valence-corrected chi connectivity index (χ0v) is 21.1. The Kier molecular flexibility index (Phi) is 13.8. The van der Waals surface area contributed by atoms with Crippen molar-refractivity contribution in [2.24, 2.45) is 0 Å². The molecular formula is C27H42N2O6. The van der Waals surface area contributed by atoms with Crippen LogP contribution in [-0.4, -0.2) is 67.2 Å². The second-order valence-corrected chi connectivity index (χ2v) is 9.21. The molecule has 2 amide bonds. The average Bonchev–Trinajstić information content (AvgIpc) is 2.89. The van der Waals surface area contributed by atoms with Gasteiger partial charge in [0, 0.05) is 20.3 Å². The Labute approximate surface area is 209 Å². The number of unbranched alkanes of at least 4 members (excludes halogenated alkanes) is 1. The molecule has 1 heterocycles. The van der Waals surface area contributed by atoms with Crippen LogP contribution in [0.1, 0.15) is 76.2 Å². The predicted octanol–water partition coefficient (Wildman–Crippen LogP) is 3.96. The van der Waals surface area contributed by atoms with Crippen molar-refractivity contribution < 1.29 is 29.0 Å². The van der Waals surface area contributed by atoms with Crippen LogP contribution in [0.4, 0.5) is 0 Å². The Morgan fingerprint density at radius 2 is 1.69 bits per heavy atom. The van der Waals surface area contributed by atoms with Crippen LogP contribution >= 0.6 is 0 Å². The highest BCUT2D eigenvalue weighted by Crippen LogP contribution is 2.18. The minimum atomic E-state index is -0.997. The number of nitrogens with zero attached hydrogens (tertiary/aromatic N) is 1. The van der Waals surface area contributed by atoms with Gasteiger partial charge in [0.1, 0.15) is 11.8 Å². The maximum absolute atomic E-state index is 12.3. The Balaban J connectivity index is 0.000000625. The molecule has 0 radical (unpaired) electrons. The molecule has 0 aromatic heterocycles. The van der Waals surface area contributed by atoms with Gasteiger partial charge in [0.15, 0.2) is 0 Å². The second-order valence-electron chi connectivity index (χ2n) is 9.21. The van der Waals surface area contributed by atoms with Crippen LogP contribution in [0.2, 0.25) is 0 Å². The quantitative estimate of drug-likeness (QED) is 0.455. The van der Waals surface area contributed by atoms with E-state index in [0.29, 0.717) is 31.9 Å². The molecule has 1 aromatic rings. The number of carboxylic acids is 1. The number of piperidine rings is 1. The molecule has 1 aromatic carbocycles. The van der Waals surface area contributed by atoms with Crippen LogP contribution in [0.3, 0.4) is 0 Å². The Morgan fingerprint density at radius 3 is 2.34 bits per heavy atom. The largest absolute Gasteiger partial charge is 0.494 e. The first kappa shape index (κ1) is 28.6. The van der Waals surface area contributed by atoms with Gasteiger partial charge in [-0.15, -0.1) is 0 Å². The van der Waals surface area contributed by atoms with Crippen molar-refractivity contribution in [2.45, 2.75) is 83.1 Å². The number of nitrogens with one attached hydrogen (secondary N) is 1. The third kappa shape index (κ3) is 11.6. The lowest BCUT2D eigenvalue weighted by Gasteiger charge is -2.33. The first-order chi connectivity index (χ1) is 17.0. The van der Waals surface area contributed by atoms with Crippen LogP contribution in [0, 0.1) is 0 Å². The fourth-order valence-corrected chi connectivity index (χ4v) is 4.35. The zero-order chi connectivity index (χ0) is 25.3. The summed E-state index contributed by atoms with van der Waals surface area (Å²) in [7, 11) is 1.67. The van der Waals surface area contributed by atoms with Crippen molar-refractivity contribution in [3.8, 4) is 5.75 Å². The molecule has 0 spiro atoms. The van der Waals surface area contributed by atoms with Gasteiger partial charge in [-0.3, -0.25) is 9.59 Å². The zero-order valence-electron chi connectivity index (χ0n) is 21.1. The number of aliphatic carboxylic acids is 1. The normalized spacial score (nSPS) is 17.6. The molecule has 1 aliphatic heterocycles. The van der Waals surface area contributed by atoms with Gasteiger partial charge in [-0.2, -0.15) is 0 Å². The SMILES string of the molecule is C1CCCCC1.COCCCCOc1cccc(CC(=O)NCC(=O)N2CCCCC2C(=O)O)c1. The maximum atomic E-state index is 12.3. The molecule has 2 fully saturated rings. The third-order valence-electron chi connectivity index (χ3n) is 6.32. The lowest BCUT2D eigenvalue weighted by Crippen LogP contribution is -2.51. The summed E-state index contributed by atoms with van der Waals surface area (Å²) in [5, 5.41) is 11.9. The van der Waals surface area contributed by atoms with Gasteiger partial charge in [0.25, 0.3) is 0 Å². The van der Waals surface area contributed by atoms with Gasteiger partial charge in [-0.25, -0.2) is 4.79 Å². The molecular weight excluding hydrogens is 448 g/mol. The minimum absolute atomic E-state index is 0.122. The fourth-order valence-electron chi connectivity index (χ4n) is 4.35. The minimum Gasteiger partial charge on any atom is -0.494 e. The molecule has 1 unspecified atom stereocenters. The van der Waals surface area contributed by atoms with Gasteiger partial charge in [0.05, 0.1) is 19.6 Å². The van der Waals surface area contributed by atoms with E-state index in [0.717, 1.165) is 31.2 Å². The topological polar surface area (TPSA) is 105 Å². The summed E-state index contributed by atoms with van der Waals surface area (Å²) in [4.78, 5) is 37.2. The highest BCUT2D eigenvalue weighted by Gasteiger charge is 2.31. The van der Waals surface area contributed by atoms with Gasteiger partial charge in [-0.05, 0) is 49.8 Å². The third-order valence-corrected chi connectivity index (χ3v) is 6.32. The second kappa shape index (κ2) is 16.9. The van der Waals surface area contributed by atoms with Crippen LogP contribution in [0.5, 0.6) is 5.75 Å². The van der Waals surface area contributed by atoms with Gasteiger partial charge in [-0.1, -0.05) is 50.7 Å². The molecule has 3 rings (SSSR count). The molecule has 1 atom stereocenters. The van der Waals surface area contributed by atoms with Crippen LogP contribution in [0.25, 0.3) is 0 Å². The van der Waals surface area contributed by atoms with Crippen LogP contribution < -0.4 is 10.1 Å². The fraction of sp³-hybridized carbons (Fsp3) is 0.667. The number of rotatable bonds is 11. The lowest BCUT2D eigenvalue weighted by molar-refractivity contribution is -0.151. The molecule has 8 heteroatoms. The Bertz CT molecular complexity index is 769.